The molecule has 38 heavy (non-hydrogen) atoms. The molecule has 0 aliphatic rings. The Bertz CT molecular complexity index is 1230. The quantitative estimate of drug-likeness (QED) is 0.185. The van der Waals surface area contributed by atoms with Crippen molar-refractivity contribution >= 4 is 24.2 Å². The summed E-state index contributed by atoms with van der Waals surface area (Å²) in [5.74, 6) is -2.53. The highest BCUT2D eigenvalue weighted by atomic mass is 16.4. The van der Waals surface area contributed by atoms with Gasteiger partial charge in [0.05, 0.1) is 0 Å². The number of hydrogen-bond acceptors (Lipinski definition) is 6. The largest absolute Gasteiger partial charge is 0.508 e. The van der Waals surface area contributed by atoms with Crippen molar-refractivity contribution in [1.29, 1.82) is 0 Å². The van der Waals surface area contributed by atoms with Crippen LogP contribution in [0.3, 0.4) is 0 Å². The fourth-order valence-electron chi connectivity index (χ4n) is 3.85. The van der Waals surface area contributed by atoms with Gasteiger partial charge in [-0.05, 0) is 41.0 Å². The van der Waals surface area contributed by atoms with Crippen LogP contribution in [0.1, 0.15) is 16.7 Å². The molecule has 3 aromatic carbocycles. The van der Waals surface area contributed by atoms with Crippen molar-refractivity contribution in [2.75, 3.05) is 0 Å². The number of aromatic hydroxyl groups is 2. The van der Waals surface area contributed by atoms with Crippen LogP contribution in [0.4, 0.5) is 0 Å². The fraction of sp³-hybridized carbons (Fsp3) is 0.214. The molecule has 10 heteroatoms. The minimum Gasteiger partial charge on any atom is -0.508 e. The summed E-state index contributed by atoms with van der Waals surface area (Å²) in [6, 6.07) is 17.5. The van der Waals surface area contributed by atoms with E-state index in [0.29, 0.717) is 23.1 Å². The fourth-order valence-corrected chi connectivity index (χ4v) is 3.85. The summed E-state index contributed by atoms with van der Waals surface area (Å²) in [6.45, 7) is 0. The van der Waals surface area contributed by atoms with Crippen LogP contribution in [0, 0.1) is 0 Å². The summed E-state index contributed by atoms with van der Waals surface area (Å²) in [7, 11) is 0. The number of carboxylic acid groups (broad SMARTS) is 1. The zero-order chi connectivity index (χ0) is 27.5. The third-order valence-electron chi connectivity index (χ3n) is 5.87. The van der Waals surface area contributed by atoms with Gasteiger partial charge in [0, 0.05) is 19.3 Å². The van der Waals surface area contributed by atoms with Gasteiger partial charge < -0.3 is 31.3 Å². The molecule has 0 heterocycles. The van der Waals surface area contributed by atoms with E-state index in [4.69, 9.17) is 0 Å². The van der Waals surface area contributed by atoms with Crippen molar-refractivity contribution in [2.24, 2.45) is 0 Å². The van der Waals surface area contributed by atoms with Gasteiger partial charge >= 0.3 is 5.97 Å². The first kappa shape index (κ1) is 27.7. The number of aliphatic carboxylic acids is 1. The van der Waals surface area contributed by atoms with Gasteiger partial charge in [-0.3, -0.25) is 14.4 Å². The van der Waals surface area contributed by atoms with E-state index < -0.39 is 35.9 Å². The van der Waals surface area contributed by atoms with Gasteiger partial charge in [-0.1, -0.05) is 54.6 Å². The van der Waals surface area contributed by atoms with Crippen LogP contribution >= 0.6 is 0 Å². The monoisotopic (exact) mass is 519 g/mol. The van der Waals surface area contributed by atoms with Crippen molar-refractivity contribution in [3.05, 3.63) is 95.6 Å². The second-order valence-corrected chi connectivity index (χ2v) is 8.73. The molecule has 0 bridgehead atoms. The average Bonchev–Trinajstić information content (AvgIpc) is 2.90. The van der Waals surface area contributed by atoms with Gasteiger partial charge in [0.2, 0.25) is 18.2 Å². The topological polar surface area (TPSA) is 165 Å². The van der Waals surface area contributed by atoms with Gasteiger partial charge in [-0.2, -0.15) is 0 Å². The number of carboxylic acids is 1. The number of nitrogens with one attached hydrogen (secondary N) is 3. The normalized spacial score (nSPS) is 12.9. The van der Waals surface area contributed by atoms with Crippen LogP contribution in [0.2, 0.25) is 0 Å². The first-order chi connectivity index (χ1) is 18.2. The van der Waals surface area contributed by atoms with Crippen LogP contribution in [0.5, 0.6) is 11.5 Å². The lowest BCUT2D eigenvalue weighted by molar-refractivity contribution is -0.142. The van der Waals surface area contributed by atoms with Gasteiger partial charge in [0.1, 0.15) is 29.6 Å². The molecule has 3 amide bonds. The molecule has 0 saturated heterocycles. The van der Waals surface area contributed by atoms with E-state index in [1.807, 2.05) is 0 Å². The Hall–Kier alpha value is -4.86. The lowest BCUT2D eigenvalue weighted by Crippen LogP contribution is -2.56. The number of carbonyl (C=O) groups is 4. The Balaban J connectivity index is 1.79. The summed E-state index contributed by atoms with van der Waals surface area (Å²) in [6.07, 6.45) is 0.505. The average molecular weight is 520 g/mol. The molecule has 0 spiro atoms. The summed E-state index contributed by atoms with van der Waals surface area (Å²) < 4.78 is 0. The highest BCUT2D eigenvalue weighted by Gasteiger charge is 2.29. The third kappa shape index (κ3) is 8.37. The second-order valence-electron chi connectivity index (χ2n) is 8.73. The van der Waals surface area contributed by atoms with Crippen molar-refractivity contribution in [1.82, 2.24) is 16.0 Å². The van der Waals surface area contributed by atoms with Gasteiger partial charge in [-0.15, -0.1) is 0 Å². The Morgan fingerprint density at radius 3 is 1.55 bits per heavy atom. The molecular weight excluding hydrogens is 490 g/mol. The van der Waals surface area contributed by atoms with E-state index >= 15 is 0 Å². The summed E-state index contributed by atoms with van der Waals surface area (Å²) in [5.41, 5.74) is 1.98. The van der Waals surface area contributed by atoms with Gasteiger partial charge in [0.25, 0.3) is 0 Å². The molecule has 3 rings (SSSR count). The number of phenolic OH excluding ortho intramolecular Hbond substituents is 2. The highest BCUT2D eigenvalue weighted by Crippen LogP contribution is 2.14. The molecule has 0 saturated carbocycles. The first-order valence-corrected chi connectivity index (χ1v) is 11.9. The molecular formula is C28H29N3O7. The van der Waals surface area contributed by atoms with Crippen LogP contribution < -0.4 is 16.0 Å². The maximum Gasteiger partial charge on any atom is 0.326 e. The van der Waals surface area contributed by atoms with Crippen LogP contribution in [0.25, 0.3) is 0 Å². The Labute approximate surface area is 219 Å². The number of amides is 3. The van der Waals surface area contributed by atoms with Crippen LogP contribution in [-0.2, 0) is 38.4 Å². The third-order valence-corrected chi connectivity index (χ3v) is 5.87. The Morgan fingerprint density at radius 1 is 0.632 bits per heavy atom. The minimum atomic E-state index is -1.25. The number of carbonyl (C=O) groups excluding carboxylic acids is 3. The van der Waals surface area contributed by atoms with E-state index in [1.165, 1.54) is 24.3 Å². The zero-order valence-corrected chi connectivity index (χ0v) is 20.4. The molecule has 6 N–H and O–H groups in total. The summed E-state index contributed by atoms with van der Waals surface area (Å²) in [5, 5.41) is 36.4. The minimum absolute atomic E-state index is 0.00253. The van der Waals surface area contributed by atoms with Crippen LogP contribution in [0.15, 0.2) is 78.9 Å². The van der Waals surface area contributed by atoms with E-state index in [0.717, 1.165) is 0 Å². The van der Waals surface area contributed by atoms with E-state index in [9.17, 15) is 34.5 Å². The summed E-state index contributed by atoms with van der Waals surface area (Å²) >= 11 is 0. The molecule has 3 aromatic rings. The number of hydrogen-bond donors (Lipinski definition) is 6. The van der Waals surface area contributed by atoms with E-state index in [1.54, 1.807) is 54.6 Å². The molecule has 0 aliphatic carbocycles. The highest BCUT2D eigenvalue weighted by molar-refractivity contribution is 5.92. The van der Waals surface area contributed by atoms with Gasteiger partial charge in [0.15, 0.2) is 0 Å². The molecule has 0 aromatic heterocycles. The lowest BCUT2D eigenvalue weighted by atomic mass is 10.0. The molecule has 0 aliphatic heterocycles. The molecule has 3 unspecified atom stereocenters. The number of rotatable bonds is 13. The van der Waals surface area contributed by atoms with E-state index in [-0.39, 0.29) is 30.8 Å². The predicted octanol–water partition coefficient (Wildman–Crippen LogP) is 1.29. The van der Waals surface area contributed by atoms with Gasteiger partial charge in [-0.25, -0.2) is 4.79 Å². The molecule has 0 fully saturated rings. The zero-order valence-electron chi connectivity index (χ0n) is 20.4. The van der Waals surface area contributed by atoms with E-state index in [2.05, 4.69) is 16.0 Å². The predicted molar refractivity (Wildman–Crippen MR) is 138 cm³/mol. The SMILES string of the molecule is O=CNC(Cc1ccc(O)cc1)C(=O)NC(Cc1ccc(O)cc1)C(=O)NC(Cc1ccccc1)C(=O)O. The Morgan fingerprint density at radius 2 is 1.05 bits per heavy atom. The summed E-state index contributed by atoms with van der Waals surface area (Å²) in [4.78, 5) is 49.5. The smallest absolute Gasteiger partial charge is 0.326 e. The first-order valence-electron chi connectivity index (χ1n) is 11.9. The Kier molecular flexibility index (Phi) is 9.81. The number of benzene rings is 3. The standard InChI is InChI=1S/C28H29N3O7/c32-17-29-23(14-19-6-10-21(33)11-7-19)26(35)30-24(15-20-8-12-22(34)13-9-20)27(36)31-25(28(37)38)16-18-4-2-1-3-5-18/h1-13,17,23-25,33-34H,14-16H2,(H,29,32)(H,30,35)(H,31,36)(H,37,38). The van der Waals surface area contributed by atoms with Crippen molar-refractivity contribution in [2.45, 2.75) is 37.4 Å². The molecule has 198 valence electrons. The van der Waals surface area contributed by atoms with Crippen molar-refractivity contribution < 1.29 is 34.5 Å². The maximum absolute atomic E-state index is 13.3. The molecule has 10 nitrogen and oxygen atoms in total. The molecule has 0 radical (unpaired) electrons. The van der Waals surface area contributed by atoms with Crippen molar-refractivity contribution in [3.63, 3.8) is 0 Å². The van der Waals surface area contributed by atoms with Crippen LogP contribution in [-0.4, -0.2) is 57.6 Å². The lowest BCUT2D eigenvalue weighted by Gasteiger charge is -2.24. The maximum atomic E-state index is 13.3. The number of phenols is 2. The van der Waals surface area contributed by atoms with Crippen molar-refractivity contribution in [3.8, 4) is 11.5 Å². The molecule has 3 atom stereocenters. The second kappa shape index (κ2) is 13.4.